The van der Waals surface area contributed by atoms with Gasteiger partial charge in [0.25, 0.3) is 0 Å². The van der Waals surface area contributed by atoms with Crippen molar-refractivity contribution in [2.45, 2.75) is 31.2 Å². The minimum Gasteiger partial charge on any atom is -0.461 e. The predicted octanol–water partition coefficient (Wildman–Crippen LogP) is 3.09. The molecule has 2 unspecified atom stereocenters. The van der Waals surface area contributed by atoms with Gasteiger partial charge in [-0.05, 0) is 42.5 Å². The van der Waals surface area contributed by atoms with Crippen LogP contribution in [0.1, 0.15) is 41.5 Å². The number of hydrogen-bond donors (Lipinski definition) is 2. The Hall–Kier alpha value is -3.19. The van der Waals surface area contributed by atoms with E-state index in [0.717, 1.165) is 24.8 Å². The Morgan fingerprint density at radius 2 is 2.07 bits per heavy atom. The van der Waals surface area contributed by atoms with Crippen LogP contribution in [0.5, 0.6) is 0 Å². The first-order valence-corrected chi connectivity index (χ1v) is 9.11. The molecule has 7 heteroatoms. The molecule has 0 spiro atoms. The van der Waals surface area contributed by atoms with Gasteiger partial charge in [-0.15, -0.1) is 5.10 Å². The molecular formula is C20H20N6O. The van der Waals surface area contributed by atoms with Gasteiger partial charge in [0.05, 0.1) is 6.26 Å². The molecule has 136 valence electrons. The van der Waals surface area contributed by atoms with E-state index in [1.807, 2.05) is 6.07 Å². The number of furan rings is 1. The minimum atomic E-state index is -0.240. The van der Waals surface area contributed by atoms with E-state index in [2.05, 4.69) is 39.3 Å². The minimum absolute atomic E-state index is 0.216. The molecule has 7 nitrogen and oxygen atoms in total. The topological polar surface area (TPSA) is 108 Å². The fraction of sp³-hybridized carbons (Fsp3) is 0.250. The molecule has 1 aliphatic carbocycles. The highest BCUT2D eigenvalue weighted by molar-refractivity contribution is 5.58. The van der Waals surface area contributed by atoms with Gasteiger partial charge < -0.3 is 15.9 Å². The van der Waals surface area contributed by atoms with Gasteiger partial charge in [-0.25, -0.2) is 9.97 Å². The van der Waals surface area contributed by atoms with Crippen molar-refractivity contribution in [3.8, 4) is 11.6 Å². The predicted molar refractivity (Wildman–Crippen MR) is 102 cm³/mol. The fourth-order valence-corrected chi connectivity index (χ4v) is 4.03. The number of aromatic nitrogens is 4. The molecule has 0 saturated heterocycles. The van der Waals surface area contributed by atoms with E-state index >= 15 is 0 Å². The highest BCUT2D eigenvalue weighted by Gasteiger charge is 2.29. The average Bonchev–Trinajstić information content (AvgIpc) is 3.37. The van der Waals surface area contributed by atoms with E-state index in [1.54, 1.807) is 23.0 Å². The number of rotatable bonds is 3. The SMILES string of the molecule is Nc1ncc(C(N)C2CCCc3ccccc32)c2nc(-c3ccco3)nn12. The number of fused-ring (bicyclic) bond motifs is 2. The van der Waals surface area contributed by atoms with E-state index in [9.17, 15) is 0 Å². The van der Waals surface area contributed by atoms with E-state index in [4.69, 9.17) is 15.9 Å². The van der Waals surface area contributed by atoms with Crippen molar-refractivity contribution in [1.29, 1.82) is 0 Å². The Bertz CT molecular complexity index is 1100. The lowest BCUT2D eigenvalue weighted by Gasteiger charge is -2.30. The van der Waals surface area contributed by atoms with Gasteiger partial charge in [0.1, 0.15) is 0 Å². The van der Waals surface area contributed by atoms with Crippen molar-refractivity contribution >= 4 is 11.6 Å². The van der Waals surface area contributed by atoms with Crippen LogP contribution in [0.4, 0.5) is 5.95 Å². The summed E-state index contributed by atoms with van der Waals surface area (Å²) in [5.41, 5.74) is 16.9. The highest BCUT2D eigenvalue weighted by Crippen LogP contribution is 2.40. The molecule has 0 fully saturated rings. The summed E-state index contributed by atoms with van der Waals surface area (Å²) in [6.45, 7) is 0. The number of nitrogens with zero attached hydrogens (tertiary/aromatic N) is 4. The number of nitrogens with two attached hydrogens (primary N) is 2. The molecule has 0 radical (unpaired) electrons. The Kier molecular flexibility index (Phi) is 3.68. The Labute approximate surface area is 156 Å². The molecule has 1 aromatic carbocycles. The summed E-state index contributed by atoms with van der Waals surface area (Å²) in [6.07, 6.45) is 6.58. The Balaban J connectivity index is 1.62. The summed E-state index contributed by atoms with van der Waals surface area (Å²) < 4.78 is 6.96. The molecule has 0 bridgehead atoms. The summed E-state index contributed by atoms with van der Waals surface area (Å²) >= 11 is 0. The van der Waals surface area contributed by atoms with Gasteiger partial charge >= 0.3 is 0 Å². The standard InChI is InChI=1S/C20H20N6O/c21-17(14-8-3-6-12-5-1-2-7-13(12)14)15-11-23-20(22)26-19(15)24-18(25-26)16-9-4-10-27-16/h1-2,4-5,7,9-11,14,17H,3,6,8,21H2,(H2,22,23). The second kappa shape index (κ2) is 6.21. The Morgan fingerprint density at radius 3 is 2.93 bits per heavy atom. The fourth-order valence-electron chi connectivity index (χ4n) is 4.03. The molecule has 1 aliphatic rings. The largest absolute Gasteiger partial charge is 0.461 e. The van der Waals surface area contributed by atoms with Gasteiger partial charge in [-0.1, -0.05) is 24.3 Å². The molecular weight excluding hydrogens is 340 g/mol. The van der Waals surface area contributed by atoms with Crippen LogP contribution >= 0.6 is 0 Å². The molecule has 3 aromatic heterocycles. The lowest BCUT2D eigenvalue weighted by Crippen LogP contribution is -2.24. The van der Waals surface area contributed by atoms with E-state index in [0.29, 0.717) is 17.2 Å². The maximum atomic E-state index is 6.74. The normalized spacial score (nSPS) is 17.7. The van der Waals surface area contributed by atoms with Crippen LogP contribution < -0.4 is 11.5 Å². The number of hydrogen-bond acceptors (Lipinski definition) is 6. The number of aryl methyl sites for hydroxylation is 1. The first-order chi connectivity index (χ1) is 13.2. The van der Waals surface area contributed by atoms with Crippen molar-refractivity contribution in [2.75, 3.05) is 5.73 Å². The summed E-state index contributed by atoms with van der Waals surface area (Å²) in [6, 6.07) is 11.9. The maximum Gasteiger partial charge on any atom is 0.223 e. The van der Waals surface area contributed by atoms with Crippen molar-refractivity contribution in [3.63, 3.8) is 0 Å². The summed E-state index contributed by atoms with van der Waals surface area (Å²) in [7, 11) is 0. The van der Waals surface area contributed by atoms with Crippen LogP contribution in [-0.2, 0) is 6.42 Å². The highest BCUT2D eigenvalue weighted by atomic mass is 16.3. The second-order valence-corrected chi connectivity index (χ2v) is 6.94. The third-order valence-corrected chi connectivity index (χ3v) is 5.37. The first kappa shape index (κ1) is 16.0. The van der Waals surface area contributed by atoms with Gasteiger partial charge in [0, 0.05) is 23.7 Å². The zero-order valence-electron chi connectivity index (χ0n) is 14.7. The smallest absolute Gasteiger partial charge is 0.223 e. The Morgan fingerprint density at radius 1 is 1.19 bits per heavy atom. The van der Waals surface area contributed by atoms with Crippen molar-refractivity contribution < 1.29 is 4.42 Å². The first-order valence-electron chi connectivity index (χ1n) is 9.11. The lowest BCUT2D eigenvalue weighted by molar-refractivity contribution is 0.474. The quantitative estimate of drug-likeness (QED) is 0.581. The summed E-state index contributed by atoms with van der Waals surface area (Å²) in [4.78, 5) is 8.95. The molecule has 27 heavy (non-hydrogen) atoms. The second-order valence-electron chi connectivity index (χ2n) is 6.94. The van der Waals surface area contributed by atoms with Crippen LogP contribution in [0.15, 0.2) is 53.3 Å². The van der Waals surface area contributed by atoms with Gasteiger partial charge in [-0.3, -0.25) is 0 Å². The molecule has 0 aliphatic heterocycles. The zero-order chi connectivity index (χ0) is 18.4. The van der Waals surface area contributed by atoms with Gasteiger partial charge in [-0.2, -0.15) is 4.52 Å². The van der Waals surface area contributed by atoms with Crippen molar-refractivity contribution in [2.24, 2.45) is 5.73 Å². The number of anilines is 1. The van der Waals surface area contributed by atoms with Crippen LogP contribution in [-0.4, -0.2) is 19.6 Å². The summed E-state index contributed by atoms with van der Waals surface area (Å²) in [5.74, 6) is 1.54. The monoisotopic (exact) mass is 360 g/mol. The number of nitrogen functional groups attached to an aromatic ring is 1. The van der Waals surface area contributed by atoms with E-state index in [1.165, 1.54) is 11.1 Å². The van der Waals surface area contributed by atoms with Crippen LogP contribution in [0.25, 0.3) is 17.2 Å². The lowest BCUT2D eigenvalue weighted by atomic mass is 9.77. The van der Waals surface area contributed by atoms with E-state index < -0.39 is 0 Å². The number of benzene rings is 1. The molecule has 4 N–H and O–H groups in total. The third kappa shape index (κ3) is 2.59. The van der Waals surface area contributed by atoms with Gasteiger partial charge in [0.2, 0.25) is 11.8 Å². The summed E-state index contributed by atoms with van der Waals surface area (Å²) in [5, 5.41) is 4.46. The molecule has 4 aromatic rings. The van der Waals surface area contributed by atoms with Crippen molar-refractivity contribution in [1.82, 2.24) is 19.6 Å². The molecule has 0 amide bonds. The zero-order valence-corrected chi connectivity index (χ0v) is 14.7. The molecule has 5 rings (SSSR count). The molecule has 2 atom stereocenters. The van der Waals surface area contributed by atoms with Crippen LogP contribution in [0.2, 0.25) is 0 Å². The maximum absolute atomic E-state index is 6.74. The third-order valence-electron chi connectivity index (χ3n) is 5.37. The van der Waals surface area contributed by atoms with Crippen molar-refractivity contribution in [3.05, 3.63) is 65.5 Å². The van der Waals surface area contributed by atoms with Crippen LogP contribution in [0, 0.1) is 0 Å². The van der Waals surface area contributed by atoms with Crippen LogP contribution in [0.3, 0.4) is 0 Å². The van der Waals surface area contributed by atoms with E-state index in [-0.39, 0.29) is 17.9 Å². The molecule has 3 heterocycles. The molecule has 0 saturated carbocycles. The van der Waals surface area contributed by atoms with Gasteiger partial charge in [0.15, 0.2) is 11.4 Å². The average molecular weight is 360 g/mol.